The Hall–Kier alpha value is -5.54. The van der Waals surface area contributed by atoms with Crippen LogP contribution in [0.5, 0.6) is 5.75 Å². The molecule has 0 atom stereocenters. The van der Waals surface area contributed by atoms with Gasteiger partial charge in [-0.15, -0.1) is 0 Å². The van der Waals surface area contributed by atoms with Crippen LogP contribution in [-0.4, -0.2) is 18.7 Å². The highest BCUT2D eigenvalue weighted by molar-refractivity contribution is 6.21. The summed E-state index contributed by atoms with van der Waals surface area (Å²) >= 11 is 0. The lowest BCUT2D eigenvalue weighted by molar-refractivity contribution is 0.102. The Labute approximate surface area is 259 Å². The number of Topliss-reactive ketones (excluding diaryl/α,β-unsaturated/α-hetero) is 2. The van der Waals surface area contributed by atoms with Gasteiger partial charge in [0, 0.05) is 22.3 Å². The van der Waals surface area contributed by atoms with E-state index in [0.717, 1.165) is 67.0 Å². The topological polar surface area (TPSA) is 43.4 Å². The SMILES string of the molecule is C=C(C1=C(C)C(=O)c2ccccc2C1=C)c1ccc(OC)cc1.C=C(C1=C(C)C(=O)c2ccccc2C1=C)c1ccccc1. The molecule has 0 amide bonds. The van der Waals surface area contributed by atoms with E-state index in [2.05, 4.69) is 26.3 Å². The second-order valence-electron chi connectivity index (χ2n) is 10.8. The third-order valence-corrected chi connectivity index (χ3v) is 8.19. The number of methoxy groups -OCH3 is 1. The number of carbonyl (C=O) groups is 2. The molecule has 0 spiro atoms. The first-order chi connectivity index (χ1) is 21.1. The van der Waals surface area contributed by atoms with Gasteiger partial charge in [0.2, 0.25) is 0 Å². The number of rotatable bonds is 5. The van der Waals surface area contributed by atoms with Gasteiger partial charge >= 0.3 is 0 Å². The average molecular weight is 575 g/mol. The number of hydrogen-bond donors (Lipinski definition) is 0. The highest BCUT2D eigenvalue weighted by Crippen LogP contribution is 2.42. The van der Waals surface area contributed by atoms with Crippen molar-refractivity contribution in [2.24, 2.45) is 0 Å². The smallest absolute Gasteiger partial charge is 0.189 e. The predicted octanol–water partition coefficient (Wildman–Crippen LogP) is 9.86. The zero-order valence-corrected chi connectivity index (χ0v) is 25.4. The maximum atomic E-state index is 12.6. The van der Waals surface area contributed by atoms with Crippen LogP contribution in [0, 0.1) is 0 Å². The molecule has 6 rings (SSSR count). The molecule has 0 fully saturated rings. The molecule has 4 aromatic rings. The summed E-state index contributed by atoms with van der Waals surface area (Å²) in [6.07, 6.45) is 0. The van der Waals surface area contributed by atoms with Gasteiger partial charge in [0.1, 0.15) is 5.75 Å². The monoisotopic (exact) mass is 574 g/mol. The molecular formula is C41H34O3. The van der Waals surface area contributed by atoms with Gasteiger partial charge in [-0.25, -0.2) is 0 Å². The summed E-state index contributed by atoms with van der Waals surface area (Å²) in [5.41, 5.74) is 11.7. The number of carbonyl (C=O) groups excluding carboxylic acids is 2. The summed E-state index contributed by atoms with van der Waals surface area (Å²) in [7, 11) is 1.63. The lowest BCUT2D eigenvalue weighted by Gasteiger charge is -2.24. The highest BCUT2D eigenvalue weighted by Gasteiger charge is 2.28. The molecule has 3 nitrogen and oxygen atoms in total. The zero-order chi connectivity index (χ0) is 31.5. The number of benzene rings is 4. The molecule has 0 heterocycles. The van der Waals surface area contributed by atoms with Crippen molar-refractivity contribution < 1.29 is 14.3 Å². The maximum Gasteiger partial charge on any atom is 0.189 e. The van der Waals surface area contributed by atoms with Crippen molar-refractivity contribution in [1.29, 1.82) is 0 Å². The lowest BCUT2D eigenvalue weighted by Crippen LogP contribution is -2.14. The lowest BCUT2D eigenvalue weighted by atomic mass is 9.78. The quantitative estimate of drug-likeness (QED) is 0.238. The number of hydrogen-bond acceptors (Lipinski definition) is 3. The molecule has 0 N–H and O–H groups in total. The number of allylic oxidation sites excluding steroid dienone is 8. The van der Waals surface area contributed by atoms with Crippen molar-refractivity contribution in [3.05, 3.63) is 185 Å². The Kier molecular flexibility index (Phi) is 8.41. The normalized spacial score (nSPS) is 14.0. The van der Waals surface area contributed by atoms with Crippen LogP contribution in [0.15, 0.2) is 152 Å². The van der Waals surface area contributed by atoms with Gasteiger partial charge in [-0.3, -0.25) is 9.59 Å². The first kappa shape index (κ1) is 29.9. The molecule has 4 aromatic carbocycles. The maximum absolute atomic E-state index is 12.6. The van der Waals surface area contributed by atoms with Crippen molar-refractivity contribution in [2.45, 2.75) is 13.8 Å². The van der Waals surface area contributed by atoms with Crippen LogP contribution in [0.4, 0.5) is 0 Å². The van der Waals surface area contributed by atoms with Crippen LogP contribution in [0.25, 0.3) is 22.3 Å². The fourth-order valence-corrected chi connectivity index (χ4v) is 5.78. The third-order valence-electron chi connectivity index (χ3n) is 8.19. The second kappa shape index (κ2) is 12.4. The van der Waals surface area contributed by atoms with E-state index >= 15 is 0 Å². The first-order valence-corrected chi connectivity index (χ1v) is 14.3. The fourth-order valence-electron chi connectivity index (χ4n) is 5.78. The molecule has 3 heteroatoms. The van der Waals surface area contributed by atoms with Crippen molar-refractivity contribution in [1.82, 2.24) is 0 Å². The van der Waals surface area contributed by atoms with E-state index in [1.54, 1.807) is 7.11 Å². The minimum atomic E-state index is 0.0395. The minimum Gasteiger partial charge on any atom is -0.497 e. The van der Waals surface area contributed by atoms with E-state index in [-0.39, 0.29) is 11.6 Å². The van der Waals surface area contributed by atoms with Crippen molar-refractivity contribution >= 4 is 33.9 Å². The van der Waals surface area contributed by atoms with Crippen molar-refractivity contribution in [2.75, 3.05) is 7.11 Å². The van der Waals surface area contributed by atoms with Crippen LogP contribution >= 0.6 is 0 Å². The largest absolute Gasteiger partial charge is 0.497 e. The first-order valence-electron chi connectivity index (χ1n) is 14.3. The van der Waals surface area contributed by atoms with Crippen LogP contribution < -0.4 is 4.74 Å². The molecule has 0 aromatic heterocycles. The van der Waals surface area contributed by atoms with E-state index < -0.39 is 0 Å². The van der Waals surface area contributed by atoms with Gasteiger partial charge in [0.05, 0.1) is 7.11 Å². The molecule has 0 radical (unpaired) electrons. The van der Waals surface area contributed by atoms with Gasteiger partial charge in [-0.2, -0.15) is 0 Å². The van der Waals surface area contributed by atoms with Gasteiger partial charge in [0.15, 0.2) is 11.6 Å². The summed E-state index contributed by atoms with van der Waals surface area (Å²) in [6.45, 7) is 20.5. The summed E-state index contributed by atoms with van der Waals surface area (Å²) in [5.74, 6) is 0.888. The number of ketones is 2. The summed E-state index contributed by atoms with van der Waals surface area (Å²) in [4.78, 5) is 25.2. The Balaban J connectivity index is 0.000000175. The number of ether oxygens (including phenoxy) is 1. The Morgan fingerprint density at radius 3 is 1.30 bits per heavy atom. The van der Waals surface area contributed by atoms with Gasteiger partial charge in [-0.05, 0) is 81.7 Å². The molecule has 216 valence electrons. The molecule has 0 saturated carbocycles. The van der Waals surface area contributed by atoms with Gasteiger partial charge in [0.25, 0.3) is 0 Å². The standard InChI is InChI=1S/C21H18O2.C20H16O/c1-13(16-9-11-17(23-4)12-10-16)20-14(2)18-7-5-6-8-19(18)21(22)15(20)3;1-13(16-9-5-4-6-10-16)19-14(2)17-11-7-8-12-18(17)20(21)15(19)3/h5-12H,1-2H2,3-4H3;4-12H,1-2H2,3H3. The van der Waals surface area contributed by atoms with Gasteiger partial charge < -0.3 is 4.74 Å². The molecule has 44 heavy (non-hydrogen) atoms. The second-order valence-corrected chi connectivity index (χ2v) is 10.8. The summed E-state index contributed by atoms with van der Waals surface area (Å²) in [5, 5.41) is 0. The van der Waals surface area contributed by atoms with Gasteiger partial charge in [-0.1, -0.05) is 117 Å². The Morgan fingerprint density at radius 1 is 0.523 bits per heavy atom. The van der Waals surface area contributed by atoms with Crippen LogP contribution in [0.1, 0.15) is 56.8 Å². The van der Waals surface area contributed by atoms with E-state index in [1.165, 1.54) is 0 Å². The highest BCUT2D eigenvalue weighted by atomic mass is 16.5. The van der Waals surface area contributed by atoms with E-state index in [0.29, 0.717) is 16.7 Å². The Bertz CT molecular complexity index is 1930. The predicted molar refractivity (Wildman–Crippen MR) is 183 cm³/mol. The molecule has 0 unspecified atom stereocenters. The average Bonchev–Trinajstić information content (AvgIpc) is 3.07. The van der Waals surface area contributed by atoms with Crippen LogP contribution in [0.2, 0.25) is 0 Å². The Morgan fingerprint density at radius 2 is 0.886 bits per heavy atom. The minimum absolute atomic E-state index is 0.0395. The molecule has 0 bridgehead atoms. The van der Waals surface area contributed by atoms with Crippen molar-refractivity contribution in [3.8, 4) is 5.75 Å². The molecular weight excluding hydrogens is 540 g/mol. The number of fused-ring (bicyclic) bond motifs is 2. The van der Waals surface area contributed by atoms with Crippen LogP contribution in [-0.2, 0) is 0 Å². The van der Waals surface area contributed by atoms with Crippen LogP contribution in [0.3, 0.4) is 0 Å². The molecule has 2 aliphatic carbocycles. The van der Waals surface area contributed by atoms with E-state index in [4.69, 9.17) is 4.74 Å². The molecule has 2 aliphatic rings. The van der Waals surface area contributed by atoms with E-state index in [1.807, 2.05) is 117 Å². The third kappa shape index (κ3) is 5.36. The van der Waals surface area contributed by atoms with Crippen molar-refractivity contribution in [3.63, 3.8) is 0 Å². The summed E-state index contributed by atoms with van der Waals surface area (Å²) < 4.78 is 5.19. The summed E-state index contributed by atoms with van der Waals surface area (Å²) in [6, 6.07) is 32.8. The van der Waals surface area contributed by atoms with E-state index in [9.17, 15) is 9.59 Å². The molecule has 0 saturated heterocycles. The fraction of sp³-hybridized carbons (Fsp3) is 0.0732. The molecule has 0 aliphatic heterocycles. The zero-order valence-electron chi connectivity index (χ0n) is 25.4.